The number of nitrogens with zero attached hydrogens (tertiary/aromatic N) is 4. The molecule has 1 aliphatic heterocycles. The molecule has 0 saturated carbocycles. The second-order valence-electron chi connectivity index (χ2n) is 5.64. The van der Waals surface area contributed by atoms with Crippen molar-refractivity contribution in [2.45, 2.75) is 0 Å². The van der Waals surface area contributed by atoms with Gasteiger partial charge in [0.05, 0.1) is 10.6 Å². The van der Waals surface area contributed by atoms with Gasteiger partial charge in [0.25, 0.3) is 0 Å². The average Bonchev–Trinajstić information content (AvgIpc) is 2.67. The Morgan fingerprint density at radius 2 is 1.84 bits per heavy atom. The number of rotatable bonds is 3. The van der Waals surface area contributed by atoms with Crippen LogP contribution in [-0.4, -0.2) is 41.0 Å². The fraction of sp³-hybridized carbons (Fsp3) is 0.211. The molecule has 0 amide bonds. The van der Waals surface area contributed by atoms with Crippen molar-refractivity contribution >= 4 is 11.5 Å². The van der Waals surface area contributed by atoms with Gasteiger partial charge in [-0.15, -0.1) is 0 Å². The summed E-state index contributed by atoms with van der Waals surface area (Å²) in [5.74, 6) is 6.62. The van der Waals surface area contributed by atoms with Crippen LogP contribution in [0.25, 0.3) is 0 Å². The Morgan fingerprint density at radius 3 is 2.52 bits per heavy atom. The predicted molar refractivity (Wildman–Crippen MR) is 97.1 cm³/mol. The minimum absolute atomic E-state index is 0.0404. The second-order valence-corrected chi connectivity index (χ2v) is 5.64. The maximum atomic E-state index is 11.2. The first-order chi connectivity index (χ1) is 12.1. The van der Waals surface area contributed by atoms with E-state index in [1.807, 2.05) is 35.2 Å². The van der Waals surface area contributed by atoms with E-state index in [0.717, 1.165) is 11.3 Å². The van der Waals surface area contributed by atoms with Gasteiger partial charge in [0.1, 0.15) is 0 Å². The van der Waals surface area contributed by atoms with E-state index < -0.39 is 0 Å². The monoisotopic (exact) mass is 334 g/mol. The van der Waals surface area contributed by atoms with Crippen LogP contribution in [-0.2, 0) is 0 Å². The zero-order chi connectivity index (χ0) is 17.6. The molecule has 1 aromatic heterocycles. The molecule has 6 heteroatoms. The maximum Gasteiger partial charge on any atom is 0.311 e. The normalized spacial score (nSPS) is 13.8. The largest absolute Gasteiger partial charge is 0.362 e. The van der Waals surface area contributed by atoms with Crippen LogP contribution in [0.1, 0.15) is 5.56 Å². The number of piperazine rings is 1. The molecular weight excluding hydrogens is 316 g/mol. The number of nitro groups is 1. The number of allylic oxidation sites excluding steroid dienone is 1. The standard InChI is InChI=1S/C19H18N4O2/c1-16(9-10-17-6-3-2-4-7-17)21-12-14-22(15-13-21)19-18(23(24)25)8-5-11-20-19/h2-8,11H,1,12-15H2. The molecule has 2 aromatic rings. The molecule has 6 nitrogen and oxygen atoms in total. The van der Waals surface area contributed by atoms with Crippen molar-refractivity contribution in [3.05, 3.63) is 76.6 Å². The van der Waals surface area contributed by atoms with Crippen LogP contribution in [0.2, 0.25) is 0 Å². The first-order valence-electron chi connectivity index (χ1n) is 8.00. The lowest BCUT2D eigenvalue weighted by Gasteiger charge is -2.35. The van der Waals surface area contributed by atoms with Gasteiger partial charge >= 0.3 is 5.69 Å². The summed E-state index contributed by atoms with van der Waals surface area (Å²) in [6.45, 7) is 6.74. The summed E-state index contributed by atoms with van der Waals surface area (Å²) in [6, 6.07) is 12.8. The highest BCUT2D eigenvalue weighted by molar-refractivity contribution is 5.57. The van der Waals surface area contributed by atoms with Gasteiger partial charge in [-0.05, 0) is 24.1 Å². The Labute approximate surface area is 146 Å². The van der Waals surface area contributed by atoms with E-state index in [4.69, 9.17) is 0 Å². The van der Waals surface area contributed by atoms with Crippen molar-refractivity contribution in [3.63, 3.8) is 0 Å². The molecule has 1 aromatic carbocycles. The van der Waals surface area contributed by atoms with Crippen molar-refractivity contribution in [3.8, 4) is 11.8 Å². The molecule has 0 spiro atoms. The van der Waals surface area contributed by atoms with Crippen LogP contribution in [0.3, 0.4) is 0 Å². The van der Waals surface area contributed by atoms with Crippen LogP contribution in [0, 0.1) is 22.0 Å². The average molecular weight is 334 g/mol. The zero-order valence-corrected chi connectivity index (χ0v) is 13.8. The smallest absolute Gasteiger partial charge is 0.311 e. The van der Waals surface area contributed by atoms with E-state index in [9.17, 15) is 10.1 Å². The van der Waals surface area contributed by atoms with Crippen molar-refractivity contribution < 1.29 is 4.92 Å². The molecule has 126 valence electrons. The summed E-state index contributed by atoms with van der Waals surface area (Å²) in [5.41, 5.74) is 1.75. The minimum atomic E-state index is -0.390. The first-order valence-corrected chi connectivity index (χ1v) is 8.00. The fourth-order valence-electron chi connectivity index (χ4n) is 2.71. The van der Waals surface area contributed by atoms with Crippen LogP contribution in [0.5, 0.6) is 0 Å². The molecule has 0 radical (unpaired) electrons. The molecule has 1 saturated heterocycles. The molecule has 3 rings (SSSR count). The molecule has 0 aliphatic carbocycles. The van der Waals surface area contributed by atoms with Gasteiger partial charge in [-0.3, -0.25) is 10.1 Å². The number of hydrogen-bond acceptors (Lipinski definition) is 5. The molecule has 0 N–H and O–H groups in total. The quantitative estimate of drug-likeness (QED) is 0.491. The molecule has 0 bridgehead atoms. The Kier molecular flexibility index (Phi) is 4.95. The Bertz CT molecular complexity index is 831. The summed E-state index contributed by atoms with van der Waals surface area (Å²) >= 11 is 0. The summed E-state index contributed by atoms with van der Waals surface area (Å²) in [6.07, 6.45) is 1.58. The SMILES string of the molecule is C=C(C#Cc1ccccc1)N1CCN(c2ncccc2[N+](=O)[O-])CC1. The predicted octanol–water partition coefficient (Wildman–Crippen LogP) is 2.68. The number of benzene rings is 1. The molecule has 0 unspecified atom stereocenters. The third-order valence-corrected chi connectivity index (χ3v) is 4.05. The Hall–Kier alpha value is -3.33. The van der Waals surface area contributed by atoms with Crippen LogP contribution in [0.4, 0.5) is 11.5 Å². The van der Waals surface area contributed by atoms with E-state index in [1.54, 1.807) is 12.3 Å². The van der Waals surface area contributed by atoms with Crippen molar-refractivity contribution in [2.24, 2.45) is 0 Å². The number of aromatic nitrogens is 1. The maximum absolute atomic E-state index is 11.2. The van der Waals surface area contributed by atoms with Gasteiger partial charge < -0.3 is 9.80 Å². The van der Waals surface area contributed by atoms with Crippen molar-refractivity contribution in [1.82, 2.24) is 9.88 Å². The van der Waals surface area contributed by atoms with E-state index in [2.05, 4.69) is 28.3 Å². The van der Waals surface area contributed by atoms with Gasteiger partial charge in [-0.25, -0.2) is 4.98 Å². The lowest BCUT2D eigenvalue weighted by molar-refractivity contribution is -0.384. The lowest BCUT2D eigenvalue weighted by Crippen LogP contribution is -2.46. The second kappa shape index (κ2) is 7.49. The Morgan fingerprint density at radius 1 is 1.12 bits per heavy atom. The number of hydrogen-bond donors (Lipinski definition) is 0. The van der Waals surface area contributed by atoms with Gasteiger partial charge in [-0.1, -0.05) is 30.7 Å². The topological polar surface area (TPSA) is 62.5 Å². The summed E-state index contributed by atoms with van der Waals surface area (Å²) < 4.78 is 0. The van der Waals surface area contributed by atoms with Crippen LogP contribution < -0.4 is 4.90 Å². The number of pyridine rings is 1. The summed E-state index contributed by atoms with van der Waals surface area (Å²) in [4.78, 5) is 19.0. The summed E-state index contributed by atoms with van der Waals surface area (Å²) in [7, 11) is 0. The minimum Gasteiger partial charge on any atom is -0.362 e. The van der Waals surface area contributed by atoms with Crippen LogP contribution >= 0.6 is 0 Å². The fourth-order valence-corrected chi connectivity index (χ4v) is 2.71. The molecule has 2 heterocycles. The zero-order valence-electron chi connectivity index (χ0n) is 13.8. The van der Waals surface area contributed by atoms with E-state index in [-0.39, 0.29) is 10.6 Å². The van der Waals surface area contributed by atoms with E-state index >= 15 is 0 Å². The van der Waals surface area contributed by atoms with Crippen molar-refractivity contribution in [1.29, 1.82) is 0 Å². The Balaban J connectivity index is 1.64. The highest BCUT2D eigenvalue weighted by Gasteiger charge is 2.24. The van der Waals surface area contributed by atoms with E-state index in [0.29, 0.717) is 32.0 Å². The molecule has 25 heavy (non-hydrogen) atoms. The van der Waals surface area contributed by atoms with Gasteiger partial charge in [-0.2, -0.15) is 0 Å². The summed E-state index contributed by atoms with van der Waals surface area (Å²) in [5, 5.41) is 11.2. The number of anilines is 1. The highest BCUT2D eigenvalue weighted by atomic mass is 16.6. The van der Waals surface area contributed by atoms with Crippen molar-refractivity contribution in [2.75, 3.05) is 31.1 Å². The van der Waals surface area contributed by atoms with Gasteiger partial charge in [0.2, 0.25) is 5.82 Å². The van der Waals surface area contributed by atoms with E-state index in [1.165, 1.54) is 6.07 Å². The van der Waals surface area contributed by atoms with Crippen LogP contribution in [0.15, 0.2) is 60.9 Å². The molecule has 1 fully saturated rings. The van der Waals surface area contributed by atoms with Gasteiger partial charge in [0, 0.05) is 44.0 Å². The first kappa shape index (κ1) is 16.5. The molecular formula is C19H18N4O2. The highest BCUT2D eigenvalue weighted by Crippen LogP contribution is 2.26. The molecule has 0 atom stereocenters. The molecule has 1 aliphatic rings. The third-order valence-electron chi connectivity index (χ3n) is 4.05. The van der Waals surface area contributed by atoms with Gasteiger partial charge in [0.15, 0.2) is 0 Å². The third kappa shape index (κ3) is 3.96. The lowest BCUT2D eigenvalue weighted by atomic mass is 10.2.